The van der Waals surface area contributed by atoms with Crippen LogP contribution in [-0.2, 0) is 0 Å². The Morgan fingerprint density at radius 1 is 1.53 bits per heavy atom. The monoisotopic (exact) mass is 246 g/mol. The van der Waals surface area contributed by atoms with Gasteiger partial charge in [0.15, 0.2) is 0 Å². The molecule has 3 unspecified atom stereocenters. The second-order valence-electron chi connectivity index (χ2n) is 4.88. The Bertz CT molecular complexity index is 219. The van der Waals surface area contributed by atoms with E-state index in [1.54, 1.807) is 0 Å². The molecule has 0 radical (unpaired) electrons. The van der Waals surface area contributed by atoms with Crippen LogP contribution in [0.25, 0.3) is 0 Å². The maximum absolute atomic E-state index is 6.04. The first-order valence-corrected chi connectivity index (χ1v) is 8.01. The molecule has 2 saturated heterocycles. The van der Waals surface area contributed by atoms with Crippen LogP contribution in [0.5, 0.6) is 0 Å². The second kappa shape index (κ2) is 4.86. The lowest BCUT2D eigenvalue weighted by Gasteiger charge is -2.41. The molecule has 0 saturated carbocycles. The molecule has 2 fully saturated rings. The maximum atomic E-state index is 6.04. The van der Waals surface area contributed by atoms with Crippen LogP contribution in [0.1, 0.15) is 19.8 Å². The average molecular weight is 246 g/mol. The third kappa shape index (κ3) is 2.33. The van der Waals surface area contributed by atoms with Crippen molar-refractivity contribution in [2.75, 3.05) is 30.9 Å². The van der Waals surface area contributed by atoms with E-state index in [4.69, 9.17) is 5.73 Å². The van der Waals surface area contributed by atoms with Gasteiger partial charge < -0.3 is 5.73 Å². The van der Waals surface area contributed by atoms with Gasteiger partial charge in [-0.3, -0.25) is 4.90 Å². The number of rotatable bonds is 3. The standard InChI is InChI=1S/C11H22N2S2/c1-9-5-11(7-12,8-15-9)13(2)10-3-4-14-6-10/h9-10H,3-8,12H2,1-2H3. The summed E-state index contributed by atoms with van der Waals surface area (Å²) in [6.45, 7) is 3.15. The van der Waals surface area contributed by atoms with Gasteiger partial charge in [-0.1, -0.05) is 6.92 Å². The van der Waals surface area contributed by atoms with Crippen molar-refractivity contribution >= 4 is 23.5 Å². The molecular weight excluding hydrogens is 224 g/mol. The smallest absolute Gasteiger partial charge is 0.0432 e. The summed E-state index contributed by atoms with van der Waals surface area (Å²) in [5.74, 6) is 3.86. The summed E-state index contributed by atoms with van der Waals surface area (Å²) < 4.78 is 0. The highest BCUT2D eigenvalue weighted by molar-refractivity contribution is 8.00. The van der Waals surface area contributed by atoms with Crippen molar-refractivity contribution in [3.8, 4) is 0 Å². The van der Waals surface area contributed by atoms with Crippen LogP contribution in [0.2, 0.25) is 0 Å². The highest BCUT2D eigenvalue weighted by Gasteiger charge is 2.43. The summed E-state index contributed by atoms with van der Waals surface area (Å²) in [5.41, 5.74) is 6.33. The minimum Gasteiger partial charge on any atom is -0.329 e. The highest BCUT2D eigenvalue weighted by Crippen LogP contribution is 2.39. The van der Waals surface area contributed by atoms with Gasteiger partial charge in [-0.2, -0.15) is 23.5 Å². The molecule has 88 valence electrons. The fourth-order valence-electron chi connectivity index (χ4n) is 2.70. The van der Waals surface area contributed by atoms with Gasteiger partial charge in [0.05, 0.1) is 0 Å². The van der Waals surface area contributed by atoms with E-state index in [9.17, 15) is 0 Å². The molecule has 15 heavy (non-hydrogen) atoms. The Labute approximate surface area is 102 Å². The predicted molar refractivity (Wildman–Crippen MR) is 71.8 cm³/mol. The topological polar surface area (TPSA) is 29.3 Å². The molecule has 3 atom stereocenters. The number of nitrogens with two attached hydrogens (primary N) is 1. The first-order chi connectivity index (χ1) is 7.18. The molecule has 2 aliphatic heterocycles. The SMILES string of the molecule is CC1CC(CN)(N(C)C2CCSC2)CS1. The number of thioether (sulfide) groups is 2. The average Bonchev–Trinajstić information content (AvgIpc) is 2.86. The van der Waals surface area contributed by atoms with Gasteiger partial charge in [0.2, 0.25) is 0 Å². The molecule has 0 aromatic rings. The van der Waals surface area contributed by atoms with E-state index >= 15 is 0 Å². The summed E-state index contributed by atoms with van der Waals surface area (Å²) in [5, 5.41) is 0.782. The van der Waals surface area contributed by atoms with Gasteiger partial charge in [0.1, 0.15) is 0 Å². The fourth-order valence-corrected chi connectivity index (χ4v) is 5.43. The summed E-state index contributed by atoms with van der Waals surface area (Å²) in [4.78, 5) is 2.60. The molecule has 2 N–H and O–H groups in total. The Morgan fingerprint density at radius 3 is 2.80 bits per heavy atom. The molecule has 0 aromatic heterocycles. The summed E-state index contributed by atoms with van der Waals surface area (Å²) in [6.07, 6.45) is 2.62. The largest absolute Gasteiger partial charge is 0.329 e. The van der Waals surface area contributed by atoms with Crippen LogP contribution in [0, 0.1) is 0 Å². The van der Waals surface area contributed by atoms with Gasteiger partial charge in [-0.15, -0.1) is 0 Å². The predicted octanol–water partition coefficient (Wildman–Crippen LogP) is 1.65. The van der Waals surface area contributed by atoms with E-state index < -0.39 is 0 Å². The molecule has 0 bridgehead atoms. The Balaban J connectivity index is 2.04. The van der Waals surface area contributed by atoms with E-state index in [0.717, 1.165) is 17.8 Å². The minimum atomic E-state index is 0.291. The van der Waals surface area contributed by atoms with E-state index in [-0.39, 0.29) is 0 Å². The minimum absolute atomic E-state index is 0.291. The zero-order valence-corrected chi connectivity index (χ0v) is 11.4. The van der Waals surface area contributed by atoms with Crippen molar-refractivity contribution in [2.45, 2.75) is 36.6 Å². The Kier molecular flexibility index (Phi) is 3.92. The lowest BCUT2D eigenvalue weighted by Crippen LogP contribution is -2.56. The van der Waals surface area contributed by atoms with E-state index in [1.807, 2.05) is 0 Å². The van der Waals surface area contributed by atoms with E-state index in [2.05, 4.69) is 42.4 Å². The number of hydrogen-bond donors (Lipinski definition) is 1. The lowest BCUT2D eigenvalue weighted by atomic mass is 9.92. The van der Waals surface area contributed by atoms with Crippen molar-refractivity contribution in [1.82, 2.24) is 4.90 Å². The zero-order valence-electron chi connectivity index (χ0n) is 9.74. The van der Waals surface area contributed by atoms with Crippen molar-refractivity contribution < 1.29 is 0 Å². The van der Waals surface area contributed by atoms with Gasteiger partial charge in [0, 0.05) is 34.9 Å². The lowest BCUT2D eigenvalue weighted by molar-refractivity contribution is 0.106. The summed E-state index contributed by atoms with van der Waals surface area (Å²) in [7, 11) is 2.29. The van der Waals surface area contributed by atoms with Crippen LogP contribution in [0.3, 0.4) is 0 Å². The van der Waals surface area contributed by atoms with E-state index in [0.29, 0.717) is 5.54 Å². The third-order valence-corrected chi connectivity index (χ3v) is 6.47. The highest BCUT2D eigenvalue weighted by atomic mass is 32.2. The van der Waals surface area contributed by atoms with Crippen LogP contribution >= 0.6 is 23.5 Å². The van der Waals surface area contributed by atoms with E-state index in [1.165, 1.54) is 30.1 Å². The van der Waals surface area contributed by atoms with Crippen molar-refractivity contribution in [2.24, 2.45) is 5.73 Å². The maximum Gasteiger partial charge on any atom is 0.0432 e. The third-order valence-electron chi connectivity index (χ3n) is 3.89. The van der Waals surface area contributed by atoms with Gasteiger partial charge in [-0.05, 0) is 25.6 Å². The number of hydrogen-bond acceptors (Lipinski definition) is 4. The molecule has 0 spiro atoms. The normalized spacial score (nSPS) is 41.6. The van der Waals surface area contributed by atoms with Crippen LogP contribution in [0.4, 0.5) is 0 Å². The van der Waals surface area contributed by atoms with Gasteiger partial charge in [-0.25, -0.2) is 0 Å². The fraction of sp³-hybridized carbons (Fsp3) is 1.00. The van der Waals surface area contributed by atoms with Crippen molar-refractivity contribution in [1.29, 1.82) is 0 Å². The molecule has 2 nitrogen and oxygen atoms in total. The molecule has 2 aliphatic rings. The second-order valence-corrected chi connectivity index (χ2v) is 7.46. The first kappa shape index (κ1) is 12.1. The Morgan fingerprint density at radius 2 is 2.33 bits per heavy atom. The van der Waals surface area contributed by atoms with Gasteiger partial charge >= 0.3 is 0 Å². The molecule has 4 heteroatoms. The number of nitrogens with zero attached hydrogens (tertiary/aromatic N) is 1. The Hall–Kier alpha value is 0.620. The molecule has 2 heterocycles. The molecular formula is C11H22N2S2. The molecule has 0 aromatic carbocycles. The zero-order chi connectivity index (χ0) is 10.9. The van der Waals surface area contributed by atoms with Crippen LogP contribution < -0.4 is 5.73 Å². The van der Waals surface area contributed by atoms with Crippen molar-refractivity contribution in [3.63, 3.8) is 0 Å². The van der Waals surface area contributed by atoms with Crippen LogP contribution in [-0.4, -0.2) is 52.6 Å². The van der Waals surface area contributed by atoms with Crippen molar-refractivity contribution in [3.05, 3.63) is 0 Å². The molecule has 2 rings (SSSR count). The molecule has 0 aliphatic carbocycles. The summed E-state index contributed by atoms with van der Waals surface area (Å²) >= 11 is 4.18. The number of likely N-dealkylation sites (N-methyl/N-ethyl adjacent to an activating group) is 1. The van der Waals surface area contributed by atoms with Gasteiger partial charge in [0.25, 0.3) is 0 Å². The first-order valence-electron chi connectivity index (χ1n) is 5.80. The quantitative estimate of drug-likeness (QED) is 0.820. The van der Waals surface area contributed by atoms with Crippen LogP contribution in [0.15, 0.2) is 0 Å². The molecule has 0 amide bonds. The summed E-state index contributed by atoms with van der Waals surface area (Å²) in [6, 6.07) is 0.768.